The molecule has 0 saturated carbocycles. The second-order valence-corrected chi connectivity index (χ2v) is 10.8. The summed E-state index contributed by atoms with van der Waals surface area (Å²) in [7, 11) is -3.32. The second kappa shape index (κ2) is 9.71. The molecule has 0 aliphatic rings. The van der Waals surface area contributed by atoms with Crippen LogP contribution in [0.2, 0.25) is 0 Å². The van der Waals surface area contributed by atoms with E-state index in [-0.39, 0.29) is 11.3 Å². The number of fused-ring (bicyclic) bond motifs is 1. The highest BCUT2D eigenvalue weighted by Gasteiger charge is 2.15. The maximum absolute atomic E-state index is 13.2. The van der Waals surface area contributed by atoms with Crippen molar-refractivity contribution in [2.24, 2.45) is 0 Å². The molecule has 5 nitrogen and oxygen atoms in total. The lowest BCUT2D eigenvalue weighted by atomic mass is 10.1. The minimum Gasteiger partial charge on any atom is -0.283 e. The summed E-state index contributed by atoms with van der Waals surface area (Å²) >= 11 is 1.42. The first-order valence-electron chi connectivity index (χ1n) is 10.4. The monoisotopic (exact) mass is 464 g/mol. The van der Waals surface area contributed by atoms with Crippen LogP contribution in [-0.2, 0) is 16.4 Å². The van der Waals surface area contributed by atoms with Gasteiger partial charge in [-0.3, -0.25) is 9.36 Å². The molecule has 1 heterocycles. The van der Waals surface area contributed by atoms with E-state index in [9.17, 15) is 13.2 Å². The molecule has 0 spiro atoms. The smallest absolute Gasteiger partial charge is 0.262 e. The van der Waals surface area contributed by atoms with Crippen LogP contribution in [0.3, 0.4) is 0 Å². The minimum absolute atomic E-state index is 0.0553. The molecule has 164 valence electrons. The highest BCUT2D eigenvalue weighted by atomic mass is 32.2. The summed E-state index contributed by atoms with van der Waals surface area (Å²) in [5.41, 5.74) is 2.74. The average Bonchev–Trinajstić information content (AvgIpc) is 2.81. The third-order valence-electron chi connectivity index (χ3n) is 5.18. The predicted molar refractivity (Wildman–Crippen MR) is 130 cm³/mol. The Hall–Kier alpha value is -2.90. The van der Waals surface area contributed by atoms with Gasteiger partial charge in [-0.2, -0.15) is 0 Å². The van der Waals surface area contributed by atoms with Crippen LogP contribution < -0.4 is 5.56 Å². The number of thioether (sulfide) groups is 1. The summed E-state index contributed by atoms with van der Waals surface area (Å²) in [6, 6.07) is 23.9. The molecule has 0 bridgehead atoms. The van der Waals surface area contributed by atoms with Gasteiger partial charge in [0.05, 0.1) is 28.1 Å². The van der Waals surface area contributed by atoms with E-state index in [1.165, 1.54) is 11.8 Å². The minimum atomic E-state index is -3.32. The van der Waals surface area contributed by atoms with Gasteiger partial charge in [-0.25, -0.2) is 13.4 Å². The molecule has 0 aliphatic heterocycles. The Bertz CT molecular complexity index is 1380. The van der Waals surface area contributed by atoms with Gasteiger partial charge in [0.25, 0.3) is 5.56 Å². The van der Waals surface area contributed by atoms with Crippen molar-refractivity contribution in [3.8, 4) is 0 Å². The van der Waals surface area contributed by atoms with Crippen LogP contribution in [-0.4, -0.2) is 29.5 Å². The van der Waals surface area contributed by atoms with Gasteiger partial charge in [-0.1, -0.05) is 71.9 Å². The quantitative estimate of drug-likeness (QED) is 0.215. The second-order valence-electron chi connectivity index (χ2n) is 7.62. The highest BCUT2D eigenvalue weighted by Crippen LogP contribution is 2.21. The van der Waals surface area contributed by atoms with E-state index in [0.29, 0.717) is 39.7 Å². The summed E-state index contributed by atoms with van der Waals surface area (Å²) in [5, 5.41) is 1.18. The fourth-order valence-electron chi connectivity index (χ4n) is 3.43. The van der Waals surface area contributed by atoms with Crippen molar-refractivity contribution < 1.29 is 8.42 Å². The number of aryl methyl sites for hydroxylation is 1. The molecule has 0 fully saturated rings. The van der Waals surface area contributed by atoms with Crippen molar-refractivity contribution in [2.75, 3.05) is 11.5 Å². The van der Waals surface area contributed by atoms with Gasteiger partial charge in [0.15, 0.2) is 15.0 Å². The number of para-hydroxylation sites is 1. The molecule has 3 aromatic carbocycles. The molecule has 0 aliphatic carbocycles. The molecule has 0 saturated heterocycles. The topological polar surface area (TPSA) is 69.0 Å². The molecule has 4 aromatic rings. The maximum atomic E-state index is 13.2. The highest BCUT2D eigenvalue weighted by molar-refractivity contribution is 7.99. The van der Waals surface area contributed by atoms with Crippen LogP contribution in [0.5, 0.6) is 0 Å². The van der Waals surface area contributed by atoms with Crippen molar-refractivity contribution >= 4 is 32.5 Å². The van der Waals surface area contributed by atoms with Gasteiger partial charge in [-0.05, 0) is 43.2 Å². The van der Waals surface area contributed by atoms with E-state index in [2.05, 4.69) is 0 Å². The van der Waals surface area contributed by atoms with Crippen molar-refractivity contribution in [1.82, 2.24) is 9.55 Å². The lowest BCUT2D eigenvalue weighted by Gasteiger charge is -2.13. The normalized spacial score (nSPS) is 11.7. The van der Waals surface area contributed by atoms with Crippen molar-refractivity contribution in [1.29, 1.82) is 0 Å². The van der Waals surface area contributed by atoms with Gasteiger partial charge >= 0.3 is 0 Å². The summed E-state index contributed by atoms with van der Waals surface area (Å²) < 4.78 is 26.7. The number of aromatic nitrogens is 2. The van der Waals surface area contributed by atoms with Gasteiger partial charge < -0.3 is 0 Å². The Morgan fingerprint density at radius 1 is 0.906 bits per heavy atom. The number of hydrogen-bond acceptors (Lipinski definition) is 5. The summed E-state index contributed by atoms with van der Waals surface area (Å²) in [5.74, 6) is 0.602. The number of benzene rings is 3. The largest absolute Gasteiger partial charge is 0.283 e. The molecule has 0 amide bonds. The fourth-order valence-corrected chi connectivity index (χ4v) is 5.88. The maximum Gasteiger partial charge on any atom is 0.262 e. The first-order valence-corrected chi connectivity index (χ1v) is 13.0. The molecular formula is C25H24N2O3S2. The number of nitrogens with zero attached hydrogens (tertiary/aromatic N) is 2. The molecule has 0 atom stereocenters. The lowest BCUT2D eigenvalue weighted by molar-refractivity contribution is 0.595. The van der Waals surface area contributed by atoms with Crippen LogP contribution in [0.1, 0.15) is 17.5 Å². The number of hydrogen-bond donors (Lipinski definition) is 0. The summed E-state index contributed by atoms with van der Waals surface area (Å²) in [6.45, 7) is 2.44. The van der Waals surface area contributed by atoms with Gasteiger partial charge in [-0.15, -0.1) is 0 Å². The van der Waals surface area contributed by atoms with Crippen LogP contribution >= 0.6 is 11.8 Å². The van der Waals surface area contributed by atoms with E-state index in [1.807, 2.05) is 49.4 Å². The zero-order chi connectivity index (χ0) is 22.6. The Kier molecular flexibility index (Phi) is 6.77. The molecular weight excluding hydrogens is 440 g/mol. The van der Waals surface area contributed by atoms with Gasteiger partial charge in [0.2, 0.25) is 0 Å². The molecule has 0 unspecified atom stereocenters. The van der Waals surface area contributed by atoms with Crippen molar-refractivity contribution in [3.05, 3.63) is 100 Å². The Labute approximate surface area is 192 Å². The fraction of sp³-hybridized carbons (Fsp3) is 0.200. The standard InChI is InChI=1S/C25H24N2O3S2/c1-19-12-14-20(15-13-19)18-27-24(28)22-10-5-6-11-23(22)26-25(27)31-16-7-17-32(29,30)21-8-3-2-4-9-21/h2-6,8-15H,7,16-18H2,1H3. The van der Waals surface area contributed by atoms with Crippen LogP contribution in [0.4, 0.5) is 0 Å². The van der Waals surface area contributed by atoms with Crippen LogP contribution in [0.25, 0.3) is 10.9 Å². The van der Waals surface area contributed by atoms with E-state index in [1.54, 1.807) is 41.0 Å². The van der Waals surface area contributed by atoms with Crippen LogP contribution in [0.15, 0.2) is 93.7 Å². The Balaban J connectivity index is 1.55. The van der Waals surface area contributed by atoms with Gasteiger partial charge in [0, 0.05) is 5.75 Å². The lowest BCUT2D eigenvalue weighted by Crippen LogP contribution is -2.24. The molecule has 4 rings (SSSR count). The molecule has 0 N–H and O–H groups in total. The molecule has 0 radical (unpaired) electrons. The number of rotatable bonds is 8. The number of sulfone groups is 1. The van der Waals surface area contributed by atoms with E-state index >= 15 is 0 Å². The van der Waals surface area contributed by atoms with E-state index < -0.39 is 9.84 Å². The molecule has 7 heteroatoms. The Morgan fingerprint density at radius 2 is 1.59 bits per heavy atom. The third kappa shape index (κ3) is 5.11. The summed E-state index contributed by atoms with van der Waals surface area (Å²) in [6.07, 6.45) is 0.467. The predicted octanol–water partition coefficient (Wildman–Crippen LogP) is 4.71. The third-order valence-corrected chi connectivity index (χ3v) is 8.06. The zero-order valence-electron chi connectivity index (χ0n) is 17.8. The first-order chi connectivity index (χ1) is 15.4. The van der Waals surface area contributed by atoms with E-state index in [4.69, 9.17) is 4.98 Å². The van der Waals surface area contributed by atoms with Gasteiger partial charge in [0.1, 0.15) is 0 Å². The zero-order valence-corrected chi connectivity index (χ0v) is 19.4. The van der Waals surface area contributed by atoms with E-state index in [0.717, 1.165) is 11.1 Å². The van der Waals surface area contributed by atoms with Crippen molar-refractivity contribution in [2.45, 2.75) is 29.9 Å². The van der Waals surface area contributed by atoms with Crippen molar-refractivity contribution in [3.63, 3.8) is 0 Å². The first kappa shape index (κ1) is 22.3. The molecule has 1 aromatic heterocycles. The summed E-state index contributed by atoms with van der Waals surface area (Å²) in [4.78, 5) is 18.3. The molecule has 32 heavy (non-hydrogen) atoms. The SMILES string of the molecule is Cc1ccc(Cn2c(SCCCS(=O)(=O)c3ccccc3)nc3ccccc3c2=O)cc1. The average molecular weight is 465 g/mol. The Morgan fingerprint density at radius 3 is 2.34 bits per heavy atom. The van der Waals surface area contributed by atoms with Crippen LogP contribution in [0, 0.1) is 6.92 Å².